The van der Waals surface area contributed by atoms with Crippen LogP contribution in [0.1, 0.15) is 27.7 Å². The third-order valence-electron chi connectivity index (χ3n) is 5.07. The summed E-state index contributed by atoms with van der Waals surface area (Å²) in [4.78, 5) is 23.6. The smallest absolute Gasteiger partial charge is 0.215 e. The summed E-state index contributed by atoms with van der Waals surface area (Å²) in [5, 5.41) is 3.54. The molecule has 0 radical (unpaired) electrons. The predicted octanol–water partition coefficient (Wildman–Crippen LogP) is 2.45. The molecule has 1 aliphatic rings. The Morgan fingerprint density at radius 3 is 2.76 bits per heavy atom. The highest BCUT2D eigenvalue weighted by Gasteiger charge is 2.23. The Hall–Kier alpha value is -3.45. The minimum atomic E-state index is -0.223. The number of anilines is 2. The fourth-order valence-corrected chi connectivity index (χ4v) is 3.49. The van der Waals surface area contributed by atoms with Crippen LogP contribution in [0, 0.1) is 0 Å². The Bertz CT molecular complexity index is 1010. The normalized spacial score (nSPS) is 16.4. The number of benzene rings is 1. The Kier molecular flexibility index (Phi) is 5.39. The quantitative estimate of drug-likeness (QED) is 0.648. The Morgan fingerprint density at radius 2 is 2.00 bits per heavy atom. The molecule has 148 valence electrons. The van der Waals surface area contributed by atoms with E-state index in [2.05, 4.69) is 32.3 Å². The lowest BCUT2D eigenvalue weighted by molar-refractivity contribution is 0.103. The maximum atomic E-state index is 12.8. The number of pyridine rings is 2. The summed E-state index contributed by atoms with van der Waals surface area (Å²) in [6.45, 7) is 2.39. The summed E-state index contributed by atoms with van der Waals surface area (Å²) in [6, 6.07) is 17.1. The first kappa shape index (κ1) is 18.9. The first-order chi connectivity index (χ1) is 14.2. The van der Waals surface area contributed by atoms with E-state index in [1.54, 1.807) is 31.5 Å². The van der Waals surface area contributed by atoms with Crippen molar-refractivity contribution in [3.05, 3.63) is 77.6 Å². The predicted molar refractivity (Wildman–Crippen MR) is 112 cm³/mol. The van der Waals surface area contributed by atoms with Gasteiger partial charge in [-0.1, -0.05) is 18.2 Å². The highest BCUT2D eigenvalue weighted by Crippen LogP contribution is 2.24. The van der Waals surface area contributed by atoms with Gasteiger partial charge in [0.05, 0.1) is 12.7 Å². The zero-order valence-electron chi connectivity index (χ0n) is 16.2. The maximum absolute atomic E-state index is 12.8. The largest absolute Gasteiger partial charge is 0.497 e. The van der Waals surface area contributed by atoms with Crippen molar-refractivity contribution < 1.29 is 9.53 Å². The number of nitrogens with one attached hydrogen (secondary N) is 1. The molecule has 0 saturated carbocycles. The van der Waals surface area contributed by atoms with Crippen LogP contribution in [0.4, 0.5) is 11.6 Å². The lowest BCUT2D eigenvalue weighted by atomic mass is 10.0. The fourth-order valence-electron chi connectivity index (χ4n) is 3.49. The summed E-state index contributed by atoms with van der Waals surface area (Å²) in [7, 11) is 1.66. The van der Waals surface area contributed by atoms with Crippen LogP contribution in [-0.2, 0) is 0 Å². The van der Waals surface area contributed by atoms with E-state index in [-0.39, 0.29) is 17.6 Å². The van der Waals surface area contributed by atoms with Crippen LogP contribution in [0.5, 0.6) is 5.75 Å². The van der Waals surface area contributed by atoms with E-state index >= 15 is 0 Å². The van der Waals surface area contributed by atoms with Crippen LogP contribution in [0.15, 0.2) is 60.8 Å². The van der Waals surface area contributed by atoms with E-state index in [0.717, 1.165) is 31.2 Å². The topological polar surface area (TPSA) is 93.4 Å². The molecule has 3 aromatic rings. The average molecular weight is 389 g/mol. The standard InChI is InChI=1S/C22H23N5O2/c1-29-16-9-7-15(8-10-16)19-14-27(13-12-24-19)20-6-2-5-18(26-20)21(28)17-4-3-11-25-22(17)23/h2-11,19,24H,12-14H2,1H3,(H2,23,25). The van der Waals surface area contributed by atoms with Gasteiger partial charge in [-0.05, 0) is 42.0 Å². The van der Waals surface area contributed by atoms with Gasteiger partial charge < -0.3 is 20.7 Å². The van der Waals surface area contributed by atoms with Crippen molar-refractivity contribution >= 4 is 17.4 Å². The van der Waals surface area contributed by atoms with Gasteiger partial charge in [-0.15, -0.1) is 0 Å². The van der Waals surface area contributed by atoms with Crippen molar-refractivity contribution in [2.75, 3.05) is 37.4 Å². The van der Waals surface area contributed by atoms with Crippen molar-refractivity contribution in [2.24, 2.45) is 0 Å². The van der Waals surface area contributed by atoms with E-state index in [9.17, 15) is 4.79 Å². The second-order valence-electron chi connectivity index (χ2n) is 6.87. The van der Waals surface area contributed by atoms with Crippen molar-refractivity contribution in [2.45, 2.75) is 6.04 Å². The number of methoxy groups -OCH3 is 1. The van der Waals surface area contributed by atoms with Gasteiger partial charge in [0.25, 0.3) is 0 Å². The first-order valence-electron chi connectivity index (χ1n) is 9.50. The van der Waals surface area contributed by atoms with Crippen molar-refractivity contribution in [3.63, 3.8) is 0 Å². The van der Waals surface area contributed by atoms with Gasteiger partial charge in [-0.25, -0.2) is 9.97 Å². The number of nitrogen functional groups attached to an aromatic ring is 1. The summed E-state index contributed by atoms with van der Waals surface area (Å²) in [5.74, 6) is 1.60. The van der Waals surface area contributed by atoms with Gasteiger partial charge >= 0.3 is 0 Å². The number of carbonyl (C=O) groups is 1. The molecule has 1 fully saturated rings. The summed E-state index contributed by atoms with van der Waals surface area (Å²) in [5.41, 5.74) is 7.77. The number of nitrogens with zero attached hydrogens (tertiary/aromatic N) is 3. The Labute approximate surface area is 169 Å². The van der Waals surface area contributed by atoms with Gasteiger partial charge in [0.15, 0.2) is 0 Å². The monoisotopic (exact) mass is 389 g/mol. The van der Waals surface area contributed by atoms with Gasteiger partial charge in [0.2, 0.25) is 5.78 Å². The number of aromatic nitrogens is 2. The summed E-state index contributed by atoms with van der Waals surface area (Å²) < 4.78 is 5.24. The molecule has 3 N–H and O–H groups in total. The van der Waals surface area contributed by atoms with Crippen molar-refractivity contribution in [3.8, 4) is 5.75 Å². The Balaban J connectivity index is 1.54. The first-order valence-corrected chi connectivity index (χ1v) is 9.50. The van der Waals surface area contributed by atoms with Crippen LogP contribution in [0.2, 0.25) is 0 Å². The minimum absolute atomic E-state index is 0.171. The second-order valence-corrected chi connectivity index (χ2v) is 6.87. The van der Waals surface area contributed by atoms with Crippen molar-refractivity contribution in [1.82, 2.24) is 15.3 Å². The van der Waals surface area contributed by atoms with Crippen molar-refractivity contribution in [1.29, 1.82) is 0 Å². The lowest BCUT2D eigenvalue weighted by Crippen LogP contribution is -2.46. The zero-order valence-corrected chi connectivity index (χ0v) is 16.2. The number of piperazine rings is 1. The summed E-state index contributed by atoms with van der Waals surface area (Å²) >= 11 is 0. The zero-order chi connectivity index (χ0) is 20.2. The van der Waals surface area contributed by atoms with Crippen LogP contribution < -0.4 is 20.7 Å². The van der Waals surface area contributed by atoms with Gasteiger partial charge in [0.1, 0.15) is 23.1 Å². The number of hydrogen-bond acceptors (Lipinski definition) is 7. The number of ketones is 1. The average Bonchev–Trinajstić information content (AvgIpc) is 2.79. The molecule has 7 heteroatoms. The van der Waals surface area contributed by atoms with Crippen LogP contribution >= 0.6 is 0 Å². The molecule has 3 heterocycles. The number of carbonyl (C=O) groups excluding carboxylic acids is 1. The van der Waals surface area contributed by atoms with Crippen LogP contribution in [-0.4, -0.2) is 42.5 Å². The molecule has 1 unspecified atom stereocenters. The third kappa shape index (κ3) is 4.05. The molecule has 1 saturated heterocycles. The number of rotatable bonds is 5. The SMILES string of the molecule is COc1ccc(C2CN(c3cccc(C(=O)c4cccnc4N)n3)CCN2)cc1. The van der Waals surface area contributed by atoms with E-state index in [4.69, 9.17) is 10.5 Å². The molecule has 0 bridgehead atoms. The second kappa shape index (κ2) is 8.28. The number of hydrogen-bond donors (Lipinski definition) is 2. The summed E-state index contributed by atoms with van der Waals surface area (Å²) in [6.07, 6.45) is 1.57. The van der Waals surface area contributed by atoms with E-state index in [1.807, 2.05) is 24.3 Å². The minimum Gasteiger partial charge on any atom is -0.497 e. The molecule has 2 aromatic heterocycles. The highest BCUT2D eigenvalue weighted by atomic mass is 16.5. The van der Waals surface area contributed by atoms with E-state index in [1.165, 1.54) is 5.56 Å². The highest BCUT2D eigenvalue weighted by molar-refractivity contribution is 6.10. The van der Waals surface area contributed by atoms with Crippen LogP contribution in [0.3, 0.4) is 0 Å². The molecular weight excluding hydrogens is 366 g/mol. The molecule has 1 atom stereocenters. The Morgan fingerprint density at radius 1 is 1.17 bits per heavy atom. The molecular formula is C22H23N5O2. The molecule has 0 amide bonds. The van der Waals surface area contributed by atoms with E-state index < -0.39 is 0 Å². The molecule has 4 rings (SSSR count). The van der Waals surface area contributed by atoms with Gasteiger partial charge in [-0.2, -0.15) is 0 Å². The fraction of sp³-hybridized carbons (Fsp3) is 0.227. The molecule has 7 nitrogen and oxygen atoms in total. The number of nitrogens with two attached hydrogens (primary N) is 1. The molecule has 1 aliphatic heterocycles. The van der Waals surface area contributed by atoms with E-state index in [0.29, 0.717) is 11.3 Å². The van der Waals surface area contributed by atoms with Gasteiger partial charge in [0, 0.05) is 31.9 Å². The molecule has 1 aromatic carbocycles. The molecule has 29 heavy (non-hydrogen) atoms. The maximum Gasteiger partial charge on any atom is 0.215 e. The number of ether oxygens (including phenoxy) is 1. The van der Waals surface area contributed by atoms with Crippen LogP contribution in [0.25, 0.3) is 0 Å². The lowest BCUT2D eigenvalue weighted by Gasteiger charge is -2.35. The molecule has 0 spiro atoms. The van der Waals surface area contributed by atoms with Gasteiger partial charge in [-0.3, -0.25) is 4.79 Å². The molecule has 0 aliphatic carbocycles. The third-order valence-corrected chi connectivity index (χ3v) is 5.07.